The van der Waals surface area contributed by atoms with Crippen LogP contribution >= 0.6 is 0 Å². The fourth-order valence-electron chi connectivity index (χ4n) is 8.54. The molecule has 8 heterocycles. The molecule has 6 aromatic heterocycles. The van der Waals surface area contributed by atoms with Crippen LogP contribution in [0.1, 0.15) is 80.2 Å². The summed E-state index contributed by atoms with van der Waals surface area (Å²) >= 11 is 0. The fraction of sp³-hybridized carbons (Fsp3) is 0.241. The van der Waals surface area contributed by atoms with E-state index in [1.807, 2.05) is 0 Å². The topological polar surface area (TPSA) is 258 Å². The minimum Gasteiger partial charge on any atom is -0.478 e. The van der Waals surface area contributed by atoms with Crippen molar-refractivity contribution in [1.82, 2.24) is 40.8 Å². The molecule has 0 bridgehead atoms. The first kappa shape index (κ1) is 61.4. The number of likely N-dealkylation sites (tertiary alicyclic amines) is 1. The lowest BCUT2D eigenvalue weighted by Crippen LogP contribution is -2.42. The van der Waals surface area contributed by atoms with Gasteiger partial charge in [0, 0.05) is 111 Å². The van der Waals surface area contributed by atoms with Crippen molar-refractivity contribution in [3.05, 3.63) is 167 Å². The van der Waals surface area contributed by atoms with Gasteiger partial charge in [-0.3, -0.25) is 24.4 Å². The zero-order valence-corrected chi connectivity index (χ0v) is 44.3. The van der Waals surface area contributed by atoms with Crippen LogP contribution in [0, 0.1) is 0 Å². The van der Waals surface area contributed by atoms with E-state index in [9.17, 15) is 63.1 Å². The molecule has 3 amide bonds. The van der Waals surface area contributed by atoms with Crippen LogP contribution in [0.3, 0.4) is 0 Å². The number of nitrogens with two attached hydrogens (primary N) is 2. The fourth-order valence-corrected chi connectivity index (χ4v) is 8.54. The zero-order chi connectivity index (χ0) is 61.3. The summed E-state index contributed by atoms with van der Waals surface area (Å²) in [4.78, 5) is 65.3. The number of carboxylic acid groups (broad SMARTS) is 1. The molecule has 0 saturated carbocycles. The smallest absolute Gasteiger partial charge is 0.420 e. The number of carbonyl (C=O) groups is 4. The summed E-state index contributed by atoms with van der Waals surface area (Å²) in [7, 11) is 0. The van der Waals surface area contributed by atoms with Crippen LogP contribution < -0.4 is 27.4 Å². The van der Waals surface area contributed by atoms with Crippen molar-refractivity contribution in [2.45, 2.75) is 63.0 Å². The van der Waals surface area contributed by atoms with Gasteiger partial charge in [-0.15, -0.1) is 0 Å². The van der Waals surface area contributed by atoms with E-state index < -0.39 is 77.4 Å². The Labute approximate surface area is 475 Å². The Kier molecular flexibility index (Phi) is 18.7. The van der Waals surface area contributed by atoms with E-state index >= 15 is 0 Å². The van der Waals surface area contributed by atoms with Crippen LogP contribution in [0.15, 0.2) is 131 Å². The zero-order valence-electron chi connectivity index (χ0n) is 44.3. The van der Waals surface area contributed by atoms with Gasteiger partial charge < -0.3 is 46.3 Å². The van der Waals surface area contributed by atoms with Crippen LogP contribution in [0.5, 0.6) is 0 Å². The molecular weight excluding hydrogens is 1140 g/mol. The summed E-state index contributed by atoms with van der Waals surface area (Å²) in [5.74, 6) is -6.96. The number of carboxylic acids is 1. The Bertz CT molecular complexity index is 3740. The molecule has 0 spiro atoms. The largest absolute Gasteiger partial charge is 0.478 e. The van der Waals surface area contributed by atoms with E-state index in [-0.39, 0.29) is 101 Å². The van der Waals surface area contributed by atoms with Crippen molar-refractivity contribution >= 4 is 69.4 Å². The molecule has 444 valence electrons. The van der Waals surface area contributed by atoms with E-state index in [1.54, 1.807) is 24.3 Å². The van der Waals surface area contributed by atoms with Crippen molar-refractivity contribution in [2.24, 2.45) is 0 Å². The lowest BCUT2D eigenvalue weighted by atomic mass is 10.0. The number of alkyl halides is 10. The van der Waals surface area contributed by atoms with E-state index in [1.165, 1.54) is 96.3 Å². The van der Waals surface area contributed by atoms with Crippen LogP contribution in [-0.4, -0.2) is 91.7 Å². The van der Waals surface area contributed by atoms with E-state index in [2.05, 4.69) is 35.9 Å². The number of amides is 3. The van der Waals surface area contributed by atoms with Crippen molar-refractivity contribution in [1.29, 1.82) is 0 Å². The van der Waals surface area contributed by atoms with Crippen LogP contribution in [-0.2, 0) is 35.0 Å². The van der Waals surface area contributed by atoms with Gasteiger partial charge in [-0.1, -0.05) is 0 Å². The van der Waals surface area contributed by atoms with Gasteiger partial charge in [0.05, 0.1) is 46.7 Å². The molecule has 2 aliphatic heterocycles. The molecule has 2 fully saturated rings. The maximum Gasteiger partial charge on any atom is 0.420 e. The molecule has 2 saturated heterocycles. The first-order valence-electron chi connectivity index (χ1n) is 25.7. The second kappa shape index (κ2) is 25.9. The van der Waals surface area contributed by atoms with Gasteiger partial charge in [-0.2, -0.15) is 26.3 Å². The van der Waals surface area contributed by atoms with Gasteiger partial charge in [0.25, 0.3) is 17.8 Å². The Morgan fingerprint density at radius 1 is 0.588 bits per heavy atom. The monoisotopic (exact) mass is 1190 g/mol. The number of furan rings is 2. The highest BCUT2D eigenvalue weighted by Crippen LogP contribution is 2.41. The van der Waals surface area contributed by atoms with Gasteiger partial charge in [-0.25, -0.2) is 32.3 Å². The third kappa shape index (κ3) is 16.8. The van der Waals surface area contributed by atoms with Crippen molar-refractivity contribution < 1.29 is 77.0 Å². The van der Waals surface area contributed by atoms with E-state index in [0.29, 0.717) is 35.9 Å². The number of pyridine rings is 4. The van der Waals surface area contributed by atoms with Crippen LogP contribution in [0.25, 0.3) is 56.6 Å². The molecule has 2 aliphatic rings. The highest BCUT2D eigenvalue weighted by Gasteiger charge is 2.38. The summed E-state index contributed by atoms with van der Waals surface area (Å²) in [5, 5.41) is 17.3. The molecule has 2 aromatic carbocycles. The van der Waals surface area contributed by atoms with Crippen molar-refractivity contribution in [2.75, 3.05) is 37.6 Å². The average Bonchev–Trinajstić information content (AvgIpc) is 2.19. The number of hydrogen-bond donors (Lipinski definition) is 6. The normalized spacial score (nSPS) is 15.0. The first-order chi connectivity index (χ1) is 40.2. The first-order valence-corrected chi connectivity index (χ1v) is 25.7. The number of anilines is 2. The SMILES string of the molecule is FC1(F)CCNCC1.Nc1ccc(/C=C/C(=O)NCc2cc3cc(-c4ccc(C(=O)N5CCC(F)(F)CC5)cn4)cc(C(F)(F)F)c3o2)cn1.Nc1ccc(/C=C/C(=O)NCc2cc3cc(-c4ccc(C(=O)O)cn4)cc(C(F)(F)F)c3o2)cn1. The second-order valence-electron chi connectivity index (χ2n) is 19.4. The highest BCUT2D eigenvalue weighted by atomic mass is 19.4. The number of hydrogen-bond acceptors (Lipinski definition) is 13. The van der Waals surface area contributed by atoms with Crippen LogP contribution in [0.4, 0.5) is 55.5 Å². The van der Waals surface area contributed by atoms with Crippen molar-refractivity contribution in [3.63, 3.8) is 0 Å². The standard InChI is InChI=1S/C29H24F5N5O3.C24H17F3N4O4.C5H9F2N/c30-28(31)7-9-39(10-8-28)27(41)18-3-4-23(36-15-18)19-11-20-12-21(42-26(20)22(13-19)29(32,33)34)16-38-25(40)6-2-17-1-5-24(35)37-14-17;25-24(26,27)18-9-15(19-4-3-14(11-29-19)23(33)34)7-16-8-17(35-22(16)18)12-31-21(32)6-2-13-1-5-20(28)30-10-13;6-5(7)1-3-8-4-2-5/h1-6,11-15H,7-10,16H2,(H2,35,37)(H,38,40);1-11H,12H2,(H2,28,30)(H,31,32)(H,33,34);8H,1-4H2/b2*6-2+;. The number of piperidine rings is 2. The molecule has 27 heteroatoms. The molecule has 17 nitrogen and oxygen atoms in total. The molecule has 8 N–H and O–H groups in total. The number of aromatic nitrogens is 4. The van der Waals surface area contributed by atoms with Gasteiger partial charge in [0.15, 0.2) is 0 Å². The number of fused-ring (bicyclic) bond motifs is 2. The lowest BCUT2D eigenvalue weighted by molar-refractivity contribution is -0.137. The van der Waals surface area contributed by atoms with Crippen molar-refractivity contribution in [3.8, 4) is 22.5 Å². The quantitative estimate of drug-likeness (QED) is 0.0491. The maximum absolute atomic E-state index is 14.0. The average molecular weight is 1190 g/mol. The second-order valence-corrected chi connectivity index (χ2v) is 19.4. The molecule has 0 unspecified atom stereocenters. The third-order valence-corrected chi connectivity index (χ3v) is 13.0. The van der Waals surface area contributed by atoms with Gasteiger partial charge in [0.2, 0.25) is 11.8 Å². The number of nitrogens with one attached hydrogen (secondary N) is 3. The Morgan fingerprint density at radius 3 is 1.39 bits per heavy atom. The highest BCUT2D eigenvalue weighted by molar-refractivity contribution is 5.95. The van der Waals surface area contributed by atoms with E-state index in [0.717, 1.165) is 18.3 Å². The summed E-state index contributed by atoms with van der Waals surface area (Å²) in [5.41, 5.74) is 10.1. The number of benzene rings is 2. The summed E-state index contributed by atoms with van der Waals surface area (Å²) < 4.78 is 145. The maximum atomic E-state index is 14.0. The molecular formula is C58H50F10N10O7. The molecule has 0 radical (unpaired) electrons. The van der Waals surface area contributed by atoms with E-state index in [4.69, 9.17) is 25.4 Å². The Balaban J connectivity index is 0.000000198. The molecule has 0 aliphatic carbocycles. The summed E-state index contributed by atoms with van der Waals surface area (Å²) in [6.07, 6.45) is 0.438. The predicted octanol–water partition coefficient (Wildman–Crippen LogP) is 11.2. The summed E-state index contributed by atoms with van der Waals surface area (Å²) in [6.45, 7) is 0.426. The van der Waals surface area contributed by atoms with Crippen LogP contribution in [0.2, 0.25) is 0 Å². The third-order valence-electron chi connectivity index (χ3n) is 13.0. The summed E-state index contributed by atoms with van der Waals surface area (Å²) in [6, 6.07) is 19.4. The number of nitrogen functional groups attached to an aromatic ring is 2. The number of aromatic carboxylic acids is 1. The van der Waals surface area contributed by atoms with Gasteiger partial charge >= 0.3 is 18.3 Å². The Morgan fingerprint density at radius 2 is 1.02 bits per heavy atom. The number of nitrogens with zero attached hydrogens (tertiary/aromatic N) is 5. The molecule has 0 atom stereocenters. The van der Waals surface area contributed by atoms with Gasteiger partial charge in [-0.05, 0) is 108 Å². The Hall–Kier alpha value is -9.66. The minimum atomic E-state index is -4.76. The molecule has 8 aromatic rings. The predicted molar refractivity (Wildman–Crippen MR) is 292 cm³/mol. The number of rotatable bonds is 12. The molecule has 85 heavy (non-hydrogen) atoms. The number of halogens is 10. The minimum absolute atomic E-state index is 0.00694. The van der Waals surface area contributed by atoms with Gasteiger partial charge in [0.1, 0.15) is 34.3 Å². The number of carbonyl (C=O) groups excluding carboxylic acids is 3. The lowest BCUT2D eigenvalue weighted by Gasteiger charge is -2.31. The molecule has 10 rings (SSSR count).